The van der Waals surface area contributed by atoms with Gasteiger partial charge in [0.05, 0.1) is 0 Å². The van der Waals surface area contributed by atoms with Crippen molar-refractivity contribution in [1.82, 2.24) is 5.32 Å². The molecule has 0 radical (unpaired) electrons. The zero-order valence-corrected chi connectivity index (χ0v) is 13.0. The van der Waals surface area contributed by atoms with Gasteiger partial charge in [-0.1, -0.05) is 39.7 Å². The van der Waals surface area contributed by atoms with Crippen molar-refractivity contribution >= 4 is 33.6 Å². The van der Waals surface area contributed by atoms with Crippen LogP contribution in [0.5, 0.6) is 0 Å². The molecule has 100 valence electrons. The summed E-state index contributed by atoms with van der Waals surface area (Å²) < 4.78 is 6.13. The van der Waals surface area contributed by atoms with E-state index in [4.69, 9.17) is 16.3 Å². The highest BCUT2D eigenvalue weighted by Gasteiger charge is 2.18. The van der Waals surface area contributed by atoms with Crippen LogP contribution in [0.15, 0.2) is 28.7 Å². The second kappa shape index (κ2) is 6.43. The molecule has 0 saturated heterocycles. The van der Waals surface area contributed by atoms with E-state index in [1.54, 1.807) is 0 Å². The van der Waals surface area contributed by atoms with Gasteiger partial charge in [-0.15, -0.1) is 0 Å². The average molecular weight is 335 g/mol. The molecule has 1 amide bonds. The van der Waals surface area contributed by atoms with Crippen molar-refractivity contribution in [2.45, 2.75) is 38.3 Å². The van der Waals surface area contributed by atoms with Gasteiger partial charge in [0.25, 0.3) is 0 Å². The number of halogens is 2. The van der Waals surface area contributed by atoms with Gasteiger partial charge in [-0.05, 0) is 38.5 Å². The van der Waals surface area contributed by atoms with E-state index >= 15 is 0 Å². The van der Waals surface area contributed by atoms with Gasteiger partial charge < -0.3 is 10.1 Å². The number of carbonyl (C=O) groups excluding carboxylic acids is 1. The molecule has 0 heterocycles. The molecule has 0 aliphatic rings. The molecule has 1 aromatic carbocycles. The normalized spacial score (nSPS) is 12.9. The van der Waals surface area contributed by atoms with Crippen molar-refractivity contribution in [3.8, 4) is 0 Å². The first-order chi connectivity index (χ1) is 8.26. The number of carbonyl (C=O) groups is 1. The van der Waals surface area contributed by atoms with Crippen LogP contribution in [0, 0.1) is 0 Å². The minimum absolute atomic E-state index is 0.485. The van der Waals surface area contributed by atoms with Crippen LogP contribution in [-0.4, -0.2) is 17.2 Å². The summed E-state index contributed by atoms with van der Waals surface area (Å²) in [4.78, 5) is 11.5. The molecule has 0 aliphatic heterocycles. The van der Waals surface area contributed by atoms with Gasteiger partial charge in [0, 0.05) is 10.9 Å². The molecule has 0 bridgehead atoms. The maximum absolute atomic E-state index is 11.5. The highest BCUT2D eigenvalue weighted by Crippen LogP contribution is 2.13. The number of ether oxygens (including phenoxy) is 1. The lowest BCUT2D eigenvalue weighted by atomic mass is 10.1. The molecule has 3 nitrogen and oxygen atoms in total. The molecule has 1 atom stereocenters. The van der Waals surface area contributed by atoms with Crippen molar-refractivity contribution in [3.05, 3.63) is 34.3 Å². The zero-order chi connectivity index (χ0) is 13.8. The maximum atomic E-state index is 11.5. The van der Waals surface area contributed by atoms with E-state index in [1.807, 2.05) is 45.0 Å². The van der Waals surface area contributed by atoms with Crippen LogP contribution < -0.4 is 5.32 Å². The number of benzene rings is 1. The minimum atomic E-state index is -0.516. The Balaban J connectivity index is 2.44. The Morgan fingerprint density at radius 3 is 2.44 bits per heavy atom. The highest BCUT2D eigenvalue weighted by molar-refractivity contribution is 9.10. The quantitative estimate of drug-likeness (QED) is 0.668. The Labute approximate surface area is 121 Å². The van der Waals surface area contributed by atoms with E-state index in [9.17, 15) is 4.79 Å². The second-order valence-corrected chi connectivity index (χ2v) is 6.39. The number of amides is 1. The van der Waals surface area contributed by atoms with Crippen LogP contribution in [0.3, 0.4) is 0 Å². The van der Waals surface area contributed by atoms with Crippen LogP contribution >= 0.6 is 27.5 Å². The Morgan fingerprint density at radius 1 is 1.39 bits per heavy atom. The number of alkyl carbamates (subject to hydrolysis) is 1. The summed E-state index contributed by atoms with van der Waals surface area (Å²) in [6, 6.07) is 7.78. The van der Waals surface area contributed by atoms with Crippen LogP contribution in [0.2, 0.25) is 0 Å². The fraction of sp³-hybridized carbons (Fsp3) is 0.462. The van der Waals surface area contributed by atoms with Crippen molar-refractivity contribution in [1.29, 1.82) is 0 Å². The van der Waals surface area contributed by atoms with E-state index < -0.39 is 17.2 Å². The van der Waals surface area contributed by atoms with Gasteiger partial charge in [-0.3, -0.25) is 0 Å². The summed E-state index contributed by atoms with van der Waals surface area (Å²) >= 11 is 9.42. The van der Waals surface area contributed by atoms with Gasteiger partial charge >= 0.3 is 6.09 Å². The highest BCUT2D eigenvalue weighted by atomic mass is 79.9. The van der Waals surface area contributed by atoms with E-state index in [0.717, 1.165) is 10.0 Å². The first-order valence-electron chi connectivity index (χ1n) is 5.64. The van der Waals surface area contributed by atoms with Crippen LogP contribution in [0.1, 0.15) is 26.3 Å². The SMILES string of the molecule is CC(C)(C)OC(=O)NC(Cl)Cc1ccc(Br)cc1. The van der Waals surface area contributed by atoms with E-state index in [1.165, 1.54) is 0 Å². The summed E-state index contributed by atoms with van der Waals surface area (Å²) in [7, 11) is 0. The number of nitrogens with one attached hydrogen (secondary N) is 1. The van der Waals surface area contributed by atoms with Gasteiger partial charge in [0.2, 0.25) is 0 Å². The molecule has 0 saturated carbocycles. The van der Waals surface area contributed by atoms with E-state index in [2.05, 4.69) is 21.2 Å². The predicted molar refractivity (Wildman–Crippen MR) is 76.9 cm³/mol. The molecule has 1 aromatic rings. The van der Waals surface area contributed by atoms with Crippen molar-refractivity contribution in [2.24, 2.45) is 0 Å². The minimum Gasteiger partial charge on any atom is -0.444 e. The predicted octanol–water partition coefficient (Wildman–Crippen LogP) is 4.08. The van der Waals surface area contributed by atoms with Crippen LogP contribution in [0.25, 0.3) is 0 Å². The molecule has 0 aliphatic carbocycles. The average Bonchev–Trinajstić information content (AvgIpc) is 2.18. The Bertz CT molecular complexity index is 400. The summed E-state index contributed by atoms with van der Waals surface area (Å²) in [6.07, 6.45) is 0.0493. The van der Waals surface area contributed by atoms with Crippen molar-refractivity contribution < 1.29 is 9.53 Å². The number of hydrogen-bond donors (Lipinski definition) is 1. The first kappa shape index (κ1) is 15.3. The Kier molecular flexibility index (Phi) is 5.47. The lowest BCUT2D eigenvalue weighted by Crippen LogP contribution is -2.37. The smallest absolute Gasteiger partial charge is 0.408 e. The summed E-state index contributed by atoms with van der Waals surface area (Å²) in [5.74, 6) is 0. The standard InChI is InChI=1S/C13H17BrClNO2/c1-13(2,3)18-12(17)16-11(15)8-9-4-6-10(14)7-5-9/h4-7,11H,8H2,1-3H3,(H,16,17). The first-order valence-corrected chi connectivity index (χ1v) is 6.87. The fourth-order valence-electron chi connectivity index (χ4n) is 1.31. The third kappa shape index (κ3) is 6.26. The summed E-state index contributed by atoms with van der Waals surface area (Å²) in [6.45, 7) is 5.43. The number of rotatable bonds is 3. The Morgan fingerprint density at radius 2 is 1.94 bits per heavy atom. The molecule has 0 fully saturated rings. The number of hydrogen-bond acceptors (Lipinski definition) is 2. The van der Waals surface area contributed by atoms with Gasteiger partial charge in [0.1, 0.15) is 11.1 Å². The maximum Gasteiger partial charge on any atom is 0.408 e. The molecule has 0 aromatic heterocycles. The molecule has 1 N–H and O–H groups in total. The van der Waals surface area contributed by atoms with Gasteiger partial charge in [-0.2, -0.15) is 0 Å². The van der Waals surface area contributed by atoms with E-state index in [-0.39, 0.29) is 0 Å². The van der Waals surface area contributed by atoms with Gasteiger partial charge in [0.15, 0.2) is 0 Å². The second-order valence-electron chi connectivity index (χ2n) is 4.94. The third-order valence-electron chi connectivity index (χ3n) is 2.00. The van der Waals surface area contributed by atoms with E-state index in [0.29, 0.717) is 6.42 Å². The van der Waals surface area contributed by atoms with Crippen molar-refractivity contribution in [2.75, 3.05) is 0 Å². The molecule has 1 rings (SSSR count). The fourth-order valence-corrected chi connectivity index (χ4v) is 1.85. The van der Waals surface area contributed by atoms with Gasteiger partial charge in [-0.25, -0.2) is 4.79 Å². The molecular weight excluding hydrogens is 318 g/mol. The third-order valence-corrected chi connectivity index (χ3v) is 2.79. The molecular formula is C13H17BrClNO2. The Hall–Kier alpha value is -0.740. The molecule has 1 unspecified atom stereocenters. The van der Waals surface area contributed by atoms with Crippen molar-refractivity contribution in [3.63, 3.8) is 0 Å². The molecule has 0 spiro atoms. The lowest BCUT2D eigenvalue weighted by molar-refractivity contribution is 0.0521. The lowest BCUT2D eigenvalue weighted by Gasteiger charge is -2.21. The summed E-state index contributed by atoms with van der Waals surface area (Å²) in [5.41, 5.74) is 0.0495. The largest absolute Gasteiger partial charge is 0.444 e. The molecule has 5 heteroatoms. The molecule has 18 heavy (non-hydrogen) atoms. The number of alkyl halides is 1. The van der Waals surface area contributed by atoms with Crippen LogP contribution in [-0.2, 0) is 11.2 Å². The zero-order valence-electron chi connectivity index (χ0n) is 10.7. The topological polar surface area (TPSA) is 38.3 Å². The summed E-state index contributed by atoms with van der Waals surface area (Å²) in [5, 5.41) is 2.59. The monoisotopic (exact) mass is 333 g/mol. The van der Waals surface area contributed by atoms with Crippen LogP contribution in [0.4, 0.5) is 4.79 Å².